The van der Waals surface area contributed by atoms with Crippen molar-refractivity contribution in [1.82, 2.24) is 5.32 Å². The molecule has 0 unspecified atom stereocenters. The van der Waals surface area contributed by atoms with Crippen molar-refractivity contribution in [2.45, 2.75) is 154 Å². The van der Waals surface area contributed by atoms with Crippen LogP contribution in [0.15, 0.2) is 5.11 Å². The topological polar surface area (TPSA) is 106 Å². The maximum absolute atomic E-state index is 12.6. The lowest BCUT2D eigenvalue weighted by molar-refractivity contribution is -0.173. The van der Waals surface area contributed by atoms with E-state index < -0.39 is 11.9 Å². The summed E-state index contributed by atoms with van der Waals surface area (Å²) in [6.45, 7) is 6.78. The summed E-state index contributed by atoms with van der Waals surface area (Å²) in [4.78, 5) is 15.4. The van der Waals surface area contributed by atoms with Gasteiger partial charge in [0.05, 0.1) is 6.04 Å². The van der Waals surface area contributed by atoms with Crippen molar-refractivity contribution in [2.75, 3.05) is 13.1 Å². The lowest BCUT2D eigenvalue weighted by atomic mass is 9.96. The molecule has 0 aliphatic carbocycles. The highest BCUT2D eigenvalue weighted by Gasteiger charge is 2.51. The minimum atomic E-state index is -0.719. The van der Waals surface area contributed by atoms with Crippen LogP contribution in [0.3, 0.4) is 0 Å². The number of carbonyl (C=O) groups is 1. The number of fused-ring (bicyclic) bond motifs is 1. The third-order valence-electron chi connectivity index (χ3n) is 7.12. The van der Waals surface area contributed by atoms with Gasteiger partial charge in [-0.1, -0.05) is 102 Å². The Balaban J connectivity index is 1.53. The first-order valence-corrected chi connectivity index (χ1v) is 14.3. The fraction of sp³-hybridized carbons (Fsp3) is 0.963. The third-order valence-corrected chi connectivity index (χ3v) is 7.12. The zero-order valence-corrected chi connectivity index (χ0v) is 22.5. The molecule has 0 aromatic rings. The average Bonchev–Trinajstić information content (AvgIpc) is 3.15. The van der Waals surface area contributed by atoms with Gasteiger partial charge in [-0.05, 0) is 25.8 Å². The first-order valence-electron chi connectivity index (χ1n) is 14.3. The monoisotopic (exact) mass is 494 g/mol. The van der Waals surface area contributed by atoms with Crippen LogP contribution in [0.2, 0.25) is 0 Å². The van der Waals surface area contributed by atoms with Gasteiger partial charge in [-0.15, -0.1) is 0 Å². The summed E-state index contributed by atoms with van der Waals surface area (Å²) in [6.07, 6.45) is 18.8. The molecule has 2 aliphatic rings. The van der Waals surface area contributed by atoms with Gasteiger partial charge < -0.3 is 19.5 Å². The third kappa shape index (κ3) is 12.0. The molecule has 0 aromatic heterocycles. The number of hydrogen-bond acceptors (Lipinski definition) is 6. The second-order valence-electron chi connectivity index (χ2n) is 10.7. The molecule has 202 valence electrons. The first-order chi connectivity index (χ1) is 17.0. The predicted molar refractivity (Wildman–Crippen MR) is 139 cm³/mol. The summed E-state index contributed by atoms with van der Waals surface area (Å²) >= 11 is 0. The van der Waals surface area contributed by atoms with Gasteiger partial charge in [-0.25, -0.2) is 0 Å². The Morgan fingerprint density at radius 3 is 2.03 bits per heavy atom. The summed E-state index contributed by atoms with van der Waals surface area (Å²) < 4.78 is 17.8. The zero-order valence-electron chi connectivity index (χ0n) is 22.5. The van der Waals surface area contributed by atoms with Gasteiger partial charge in [0.25, 0.3) is 0 Å². The summed E-state index contributed by atoms with van der Waals surface area (Å²) in [5, 5.41) is 6.97. The summed E-state index contributed by atoms with van der Waals surface area (Å²) in [5.41, 5.74) is 8.70. The van der Waals surface area contributed by atoms with E-state index in [0.29, 0.717) is 13.0 Å². The largest absolute Gasteiger partial charge is 0.458 e. The highest BCUT2D eigenvalue weighted by Crippen LogP contribution is 2.34. The SMILES string of the molecule is CCCCCCCCCCCCCCCCCC(=O)O[C@H]1[C@@H]2OC(C)(C)O[C@H]2CN[C@@H]1CN=[N+]=[N-]. The number of piperidine rings is 1. The second-order valence-corrected chi connectivity index (χ2v) is 10.7. The zero-order chi connectivity index (χ0) is 25.4. The minimum absolute atomic E-state index is 0.184. The van der Waals surface area contributed by atoms with Gasteiger partial charge in [0.1, 0.15) is 18.3 Å². The fourth-order valence-electron chi connectivity index (χ4n) is 5.21. The van der Waals surface area contributed by atoms with Crippen LogP contribution in [-0.2, 0) is 19.0 Å². The van der Waals surface area contributed by atoms with Crippen molar-refractivity contribution < 1.29 is 19.0 Å². The first kappa shape index (κ1) is 29.9. The van der Waals surface area contributed by atoms with Crippen molar-refractivity contribution in [1.29, 1.82) is 0 Å². The minimum Gasteiger partial charge on any atom is -0.458 e. The van der Waals surface area contributed by atoms with Crippen LogP contribution in [0, 0.1) is 0 Å². The van der Waals surface area contributed by atoms with Crippen molar-refractivity contribution in [3.63, 3.8) is 0 Å². The van der Waals surface area contributed by atoms with E-state index in [1.165, 1.54) is 83.5 Å². The van der Waals surface area contributed by atoms with Gasteiger partial charge >= 0.3 is 5.97 Å². The maximum Gasteiger partial charge on any atom is 0.306 e. The molecule has 1 N–H and O–H groups in total. The molecular formula is C27H50N4O4. The Morgan fingerprint density at radius 2 is 1.49 bits per heavy atom. The van der Waals surface area contributed by atoms with E-state index >= 15 is 0 Å². The maximum atomic E-state index is 12.6. The Bertz CT molecular complexity index is 639. The van der Waals surface area contributed by atoms with E-state index in [1.54, 1.807) is 0 Å². The number of hydrogen-bond donors (Lipinski definition) is 1. The van der Waals surface area contributed by atoms with Crippen molar-refractivity contribution >= 4 is 5.97 Å². The molecule has 2 fully saturated rings. The van der Waals surface area contributed by atoms with E-state index in [4.69, 9.17) is 19.7 Å². The molecule has 0 saturated carbocycles. The Hall–Kier alpha value is -1.34. The number of unbranched alkanes of at least 4 members (excludes halogenated alkanes) is 14. The fourth-order valence-corrected chi connectivity index (χ4v) is 5.21. The molecule has 0 amide bonds. The van der Waals surface area contributed by atoms with Crippen LogP contribution >= 0.6 is 0 Å². The van der Waals surface area contributed by atoms with Crippen molar-refractivity contribution in [2.24, 2.45) is 5.11 Å². The summed E-state index contributed by atoms with van der Waals surface area (Å²) in [7, 11) is 0. The number of esters is 1. The normalized spacial score (nSPS) is 25.1. The molecular weight excluding hydrogens is 444 g/mol. The smallest absolute Gasteiger partial charge is 0.306 e. The number of rotatable bonds is 19. The lowest BCUT2D eigenvalue weighted by Gasteiger charge is -2.37. The van der Waals surface area contributed by atoms with E-state index in [-0.39, 0.29) is 30.8 Å². The molecule has 0 radical (unpaired) electrons. The predicted octanol–water partition coefficient (Wildman–Crippen LogP) is 6.96. The molecule has 8 nitrogen and oxygen atoms in total. The number of nitrogens with zero attached hydrogens (tertiary/aromatic N) is 3. The van der Waals surface area contributed by atoms with Gasteiger partial charge in [-0.3, -0.25) is 4.79 Å². The van der Waals surface area contributed by atoms with Crippen LogP contribution in [0.5, 0.6) is 0 Å². The summed E-state index contributed by atoms with van der Waals surface area (Å²) in [6, 6.07) is -0.269. The quantitative estimate of drug-likeness (QED) is 0.0686. The van der Waals surface area contributed by atoms with Gasteiger partial charge in [0, 0.05) is 24.4 Å². The van der Waals surface area contributed by atoms with Crippen LogP contribution < -0.4 is 5.32 Å². The molecule has 8 heteroatoms. The Morgan fingerprint density at radius 1 is 0.943 bits per heavy atom. The number of nitrogens with one attached hydrogen (secondary N) is 1. The van der Waals surface area contributed by atoms with Gasteiger partial charge in [-0.2, -0.15) is 0 Å². The average molecular weight is 495 g/mol. The molecule has 4 atom stereocenters. The molecule has 35 heavy (non-hydrogen) atoms. The molecule has 2 aliphatic heterocycles. The van der Waals surface area contributed by atoms with Crippen LogP contribution in [0.1, 0.15) is 124 Å². The van der Waals surface area contributed by atoms with Crippen molar-refractivity contribution in [3.8, 4) is 0 Å². The second kappa shape index (κ2) is 17.2. The van der Waals surface area contributed by atoms with Crippen molar-refractivity contribution in [3.05, 3.63) is 10.4 Å². The Kier molecular flexibility index (Phi) is 14.7. The Labute approximate surface area is 212 Å². The van der Waals surface area contributed by atoms with Gasteiger partial charge in [0.2, 0.25) is 0 Å². The van der Waals surface area contributed by atoms with E-state index in [1.807, 2.05) is 13.8 Å². The standard InChI is InChI=1S/C27H50N4O4/c1-4-5-6-7-8-9-10-11-12-13-14-15-16-17-18-19-24(32)33-25-22(20-30-31-28)29-21-23-26(25)35-27(2,3)34-23/h22-23,25-26,29H,4-21H2,1-3H3/t22-,23+,25-,26-/m1/s1. The van der Waals surface area contributed by atoms with Crippen LogP contribution in [-0.4, -0.2) is 49.2 Å². The highest BCUT2D eigenvalue weighted by molar-refractivity contribution is 5.69. The molecule has 0 spiro atoms. The van der Waals surface area contributed by atoms with E-state index in [0.717, 1.165) is 12.8 Å². The highest BCUT2D eigenvalue weighted by atomic mass is 16.8. The molecule has 0 aromatic carbocycles. The van der Waals surface area contributed by atoms with E-state index in [2.05, 4.69) is 22.3 Å². The molecule has 2 heterocycles. The molecule has 2 saturated heterocycles. The lowest BCUT2D eigenvalue weighted by Crippen LogP contribution is -2.61. The van der Waals surface area contributed by atoms with E-state index in [9.17, 15) is 4.79 Å². The van der Waals surface area contributed by atoms with Crippen LogP contribution in [0.4, 0.5) is 0 Å². The number of carbonyl (C=O) groups excluding carboxylic acids is 1. The summed E-state index contributed by atoms with van der Waals surface area (Å²) in [5.74, 6) is -0.935. The number of azide groups is 1. The molecule has 0 bridgehead atoms. The van der Waals surface area contributed by atoms with Gasteiger partial charge in [0.15, 0.2) is 5.79 Å². The number of ether oxygens (including phenoxy) is 3. The molecule has 2 rings (SSSR count). The van der Waals surface area contributed by atoms with Crippen LogP contribution in [0.25, 0.3) is 10.4 Å².